The van der Waals surface area contributed by atoms with E-state index < -0.39 is 5.82 Å². The number of aryl methyl sites for hydroxylation is 1. The predicted molar refractivity (Wildman–Crippen MR) is 128 cm³/mol. The van der Waals surface area contributed by atoms with Gasteiger partial charge in [0.2, 0.25) is 5.91 Å². The quantitative estimate of drug-likeness (QED) is 0.492. The second-order valence-electron chi connectivity index (χ2n) is 8.67. The highest BCUT2D eigenvalue weighted by molar-refractivity contribution is 6.04. The SMILES string of the molecule is Cc1nn(CC(C)C)c(C)c1CCC(=O)NCc1cccc(NC(=O)c2cccc(F)c2)c1. The van der Waals surface area contributed by atoms with Crippen molar-refractivity contribution in [3.8, 4) is 0 Å². The maximum atomic E-state index is 13.3. The monoisotopic (exact) mass is 450 g/mol. The molecule has 0 saturated carbocycles. The second-order valence-corrected chi connectivity index (χ2v) is 8.67. The lowest BCUT2D eigenvalue weighted by Crippen LogP contribution is -2.23. The van der Waals surface area contributed by atoms with Gasteiger partial charge in [0.1, 0.15) is 5.82 Å². The molecule has 0 aliphatic heterocycles. The molecule has 3 aromatic rings. The van der Waals surface area contributed by atoms with Crippen LogP contribution < -0.4 is 10.6 Å². The molecule has 174 valence electrons. The molecule has 0 saturated heterocycles. The first-order valence-electron chi connectivity index (χ1n) is 11.2. The summed E-state index contributed by atoms with van der Waals surface area (Å²) in [6, 6.07) is 12.8. The van der Waals surface area contributed by atoms with Crippen LogP contribution in [0.3, 0.4) is 0 Å². The highest BCUT2D eigenvalue weighted by atomic mass is 19.1. The number of amides is 2. The van der Waals surface area contributed by atoms with Crippen LogP contribution in [0.15, 0.2) is 48.5 Å². The molecule has 0 unspecified atom stereocenters. The van der Waals surface area contributed by atoms with E-state index in [9.17, 15) is 14.0 Å². The Hall–Kier alpha value is -3.48. The first kappa shape index (κ1) is 24.2. The zero-order valence-corrected chi connectivity index (χ0v) is 19.6. The van der Waals surface area contributed by atoms with Crippen molar-refractivity contribution in [1.29, 1.82) is 0 Å². The fourth-order valence-electron chi connectivity index (χ4n) is 3.74. The summed E-state index contributed by atoms with van der Waals surface area (Å²) in [5, 5.41) is 10.3. The first-order chi connectivity index (χ1) is 15.7. The van der Waals surface area contributed by atoms with Crippen molar-refractivity contribution in [1.82, 2.24) is 15.1 Å². The van der Waals surface area contributed by atoms with Crippen LogP contribution in [0.5, 0.6) is 0 Å². The van der Waals surface area contributed by atoms with Crippen molar-refractivity contribution in [2.45, 2.75) is 53.6 Å². The number of rotatable bonds is 9. The molecule has 2 amide bonds. The standard InChI is InChI=1S/C26H31FN4O2/c1-17(2)16-31-19(4)24(18(3)30-31)11-12-25(32)28-15-20-7-5-10-23(13-20)29-26(33)21-8-6-9-22(27)14-21/h5-10,13-14,17H,11-12,15-16H2,1-4H3,(H,28,32)(H,29,33). The van der Waals surface area contributed by atoms with Gasteiger partial charge in [0.25, 0.3) is 5.91 Å². The van der Waals surface area contributed by atoms with Gasteiger partial charge in [0, 0.05) is 36.5 Å². The normalized spacial score (nSPS) is 11.0. The third kappa shape index (κ3) is 6.75. The van der Waals surface area contributed by atoms with E-state index in [2.05, 4.69) is 36.5 Å². The van der Waals surface area contributed by atoms with Gasteiger partial charge in [-0.2, -0.15) is 5.10 Å². The number of nitrogens with zero attached hydrogens (tertiary/aromatic N) is 2. The number of halogens is 1. The molecule has 0 fully saturated rings. The molecular weight excluding hydrogens is 419 g/mol. The van der Waals surface area contributed by atoms with Crippen LogP contribution in [0, 0.1) is 25.6 Å². The number of hydrogen-bond acceptors (Lipinski definition) is 3. The van der Waals surface area contributed by atoms with Gasteiger partial charge in [-0.1, -0.05) is 32.0 Å². The number of benzene rings is 2. The minimum Gasteiger partial charge on any atom is -0.352 e. The third-order valence-electron chi connectivity index (χ3n) is 5.43. The Labute approximate surface area is 194 Å². The third-order valence-corrected chi connectivity index (χ3v) is 5.43. The van der Waals surface area contributed by atoms with E-state index in [-0.39, 0.29) is 17.4 Å². The molecule has 0 atom stereocenters. The summed E-state index contributed by atoms with van der Waals surface area (Å²) in [5.74, 6) is -0.385. The maximum Gasteiger partial charge on any atom is 0.255 e. The molecule has 3 rings (SSSR count). The summed E-state index contributed by atoms with van der Waals surface area (Å²) in [4.78, 5) is 24.8. The number of anilines is 1. The Bertz CT molecular complexity index is 1140. The molecule has 2 aromatic carbocycles. The van der Waals surface area contributed by atoms with Gasteiger partial charge in [0.15, 0.2) is 0 Å². The highest BCUT2D eigenvalue weighted by Crippen LogP contribution is 2.17. The topological polar surface area (TPSA) is 76.0 Å². The van der Waals surface area contributed by atoms with Crippen molar-refractivity contribution in [2.75, 3.05) is 5.32 Å². The molecule has 1 heterocycles. The van der Waals surface area contributed by atoms with Crippen LogP contribution in [0.25, 0.3) is 0 Å². The number of carbonyl (C=O) groups is 2. The first-order valence-corrected chi connectivity index (χ1v) is 11.2. The van der Waals surface area contributed by atoms with Crippen molar-refractivity contribution in [2.24, 2.45) is 5.92 Å². The van der Waals surface area contributed by atoms with Crippen LogP contribution >= 0.6 is 0 Å². The van der Waals surface area contributed by atoms with Crippen molar-refractivity contribution < 1.29 is 14.0 Å². The summed E-state index contributed by atoms with van der Waals surface area (Å²) in [6.07, 6.45) is 1.02. The molecule has 7 heteroatoms. The molecule has 0 aliphatic rings. The van der Waals surface area contributed by atoms with Crippen LogP contribution in [-0.2, 0) is 24.3 Å². The Morgan fingerprint density at radius 3 is 2.58 bits per heavy atom. The van der Waals surface area contributed by atoms with Crippen LogP contribution in [-0.4, -0.2) is 21.6 Å². The average Bonchev–Trinajstić information content (AvgIpc) is 3.02. The van der Waals surface area contributed by atoms with E-state index in [1.54, 1.807) is 24.3 Å². The Morgan fingerprint density at radius 1 is 1.09 bits per heavy atom. The molecule has 33 heavy (non-hydrogen) atoms. The second kappa shape index (κ2) is 10.9. The lowest BCUT2D eigenvalue weighted by atomic mass is 10.1. The average molecular weight is 451 g/mol. The summed E-state index contributed by atoms with van der Waals surface area (Å²) >= 11 is 0. The molecule has 0 aliphatic carbocycles. The van der Waals surface area contributed by atoms with Gasteiger partial charge < -0.3 is 10.6 Å². The van der Waals surface area contributed by atoms with E-state index in [0.29, 0.717) is 31.0 Å². The lowest BCUT2D eigenvalue weighted by Gasteiger charge is -2.10. The van der Waals surface area contributed by atoms with Crippen LogP contribution in [0.2, 0.25) is 0 Å². The summed E-state index contributed by atoms with van der Waals surface area (Å²) in [6.45, 7) is 9.58. The molecule has 0 spiro atoms. The fourth-order valence-corrected chi connectivity index (χ4v) is 3.74. The minimum atomic E-state index is -0.461. The molecular formula is C26H31FN4O2. The fraction of sp³-hybridized carbons (Fsp3) is 0.346. The summed E-state index contributed by atoms with van der Waals surface area (Å²) < 4.78 is 15.4. The van der Waals surface area contributed by atoms with Gasteiger partial charge in [-0.25, -0.2) is 4.39 Å². The Morgan fingerprint density at radius 2 is 1.85 bits per heavy atom. The largest absolute Gasteiger partial charge is 0.352 e. The van der Waals surface area contributed by atoms with Gasteiger partial charge >= 0.3 is 0 Å². The number of nitrogens with one attached hydrogen (secondary N) is 2. The van der Waals surface area contributed by atoms with E-state index in [1.165, 1.54) is 18.2 Å². The highest BCUT2D eigenvalue weighted by Gasteiger charge is 2.14. The van der Waals surface area contributed by atoms with E-state index >= 15 is 0 Å². The summed E-state index contributed by atoms with van der Waals surface area (Å²) in [5.41, 5.74) is 4.92. The Kier molecular flexibility index (Phi) is 7.98. The molecule has 0 radical (unpaired) electrons. The minimum absolute atomic E-state index is 0.0420. The predicted octanol–water partition coefficient (Wildman–Crippen LogP) is 4.80. The maximum absolute atomic E-state index is 13.3. The zero-order valence-electron chi connectivity index (χ0n) is 19.6. The molecule has 1 aromatic heterocycles. The van der Waals surface area contributed by atoms with Gasteiger partial charge in [-0.05, 0) is 67.6 Å². The van der Waals surface area contributed by atoms with Gasteiger partial charge in [0.05, 0.1) is 5.69 Å². The Balaban J connectivity index is 1.53. The zero-order chi connectivity index (χ0) is 24.0. The summed E-state index contributed by atoms with van der Waals surface area (Å²) in [7, 11) is 0. The van der Waals surface area contributed by atoms with Crippen molar-refractivity contribution in [3.05, 3.63) is 82.4 Å². The molecule has 0 bridgehead atoms. The van der Waals surface area contributed by atoms with Crippen molar-refractivity contribution in [3.63, 3.8) is 0 Å². The molecule has 2 N–H and O–H groups in total. The number of hydrogen-bond donors (Lipinski definition) is 2. The van der Waals surface area contributed by atoms with Crippen molar-refractivity contribution >= 4 is 17.5 Å². The van der Waals surface area contributed by atoms with Crippen LogP contribution in [0.4, 0.5) is 10.1 Å². The van der Waals surface area contributed by atoms with Gasteiger partial charge in [-0.3, -0.25) is 14.3 Å². The van der Waals surface area contributed by atoms with E-state index in [0.717, 1.165) is 29.1 Å². The van der Waals surface area contributed by atoms with Gasteiger partial charge in [-0.15, -0.1) is 0 Å². The molecule has 6 nitrogen and oxygen atoms in total. The smallest absolute Gasteiger partial charge is 0.255 e. The van der Waals surface area contributed by atoms with E-state index in [1.807, 2.05) is 17.7 Å². The van der Waals surface area contributed by atoms with E-state index in [4.69, 9.17) is 0 Å². The number of aromatic nitrogens is 2. The number of carbonyl (C=O) groups excluding carboxylic acids is 2. The van der Waals surface area contributed by atoms with Crippen LogP contribution in [0.1, 0.15) is 53.1 Å². The lowest BCUT2D eigenvalue weighted by molar-refractivity contribution is -0.121.